The van der Waals surface area contributed by atoms with Gasteiger partial charge in [0.05, 0.1) is 6.61 Å². The van der Waals surface area contributed by atoms with Crippen molar-refractivity contribution < 1.29 is 30.3 Å². The Kier molecular flexibility index (Phi) is 6.37. The van der Waals surface area contributed by atoms with Crippen LogP contribution in [0.5, 0.6) is 0 Å². The van der Waals surface area contributed by atoms with Crippen molar-refractivity contribution in [2.24, 2.45) is 0 Å². The molecule has 0 saturated heterocycles. The third kappa shape index (κ3) is 4.10. The number of nitrogens with one attached hydrogen (secondary N) is 1. The molecule has 0 aromatic carbocycles. The van der Waals surface area contributed by atoms with Crippen LogP contribution >= 0.6 is 0 Å². The minimum Gasteiger partial charge on any atom is -0.480 e. The molecule has 0 saturated carbocycles. The fourth-order valence-electron chi connectivity index (χ4n) is 1.11. The highest BCUT2D eigenvalue weighted by molar-refractivity contribution is 5.74. The summed E-state index contributed by atoms with van der Waals surface area (Å²) in [5, 5.41) is 47.4. The summed E-state index contributed by atoms with van der Waals surface area (Å²) in [7, 11) is 0. The molecule has 7 heteroatoms. The van der Waals surface area contributed by atoms with Crippen molar-refractivity contribution in [3.05, 3.63) is 0 Å². The molecule has 0 radical (unpaired) electrons. The highest BCUT2D eigenvalue weighted by atomic mass is 16.4. The monoisotopic (exact) mass is 223 g/mol. The van der Waals surface area contributed by atoms with E-state index in [2.05, 4.69) is 5.32 Å². The van der Waals surface area contributed by atoms with Crippen LogP contribution in [0.1, 0.15) is 6.92 Å². The summed E-state index contributed by atoms with van der Waals surface area (Å²) in [5.74, 6) is -1.34. The van der Waals surface area contributed by atoms with Crippen molar-refractivity contribution in [2.75, 3.05) is 13.2 Å². The average molecular weight is 223 g/mol. The van der Waals surface area contributed by atoms with Gasteiger partial charge in [-0.15, -0.1) is 0 Å². The molecule has 0 aromatic heterocycles. The highest BCUT2D eigenvalue weighted by Gasteiger charge is 2.34. The Hall–Kier alpha value is -0.730. The van der Waals surface area contributed by atoms with Crippen LogP contribution < -0.4 is 5.32 Å². The Morgan fingerprint density at radius 2 is 1.80 bits per heavy atom. The molecule has 0 amide bonds. The van der Waals surface area contributed by atoms with Crippen LogP contribution in [-0.2, 0) is 4.79 Å². The molecule has 7 nitrogen and oxygen atoms in total. The third-order valence-electron chi connectivity index (χ3n) is 1.96. The minimum atomic E-state index is -1.71. The molecule has 0 aliphatic heterocycles. The van der Waals surface area contributed by atoms with Crippen molar-refractivity contribution in [1.82, 2.24) is 5.32 Å². The lowest BCUT2D eigenvalue weighted by molar-refractivity contribution is -0.148. The van der Waals surface area contributed by atoms with Crippen LogP contribution in [0.4, 0.5) is 0 Å². The van der Waals surface area contributed by atoms with E-state index in [0.29, 0.717) is 0 Å². The number of aliphatic carboxylic acids is 1. The Bertz CT molecular complexity index is 200. The maximum absolute atomic E-state index is 10.7. The summed E-state index contributed by atoms with van der Waals surface area (Å²) in [6, 6.07) is -1.38. The van der Waals surface area contributed by atoms with E-state index in [1.54, 1.807) is 6.92 Å². The second kappa shape index (κ2) is 6.70. The van der Waals surface area contributed by atoms with Gasteiger partial charge in [0.2, 0.25) is 0 Å². The number of carboxylic acid groups (broad SMARTS) is 1. The molecule has 0 fully saturated rings. The van der Waals surface area contributed by atoms with Gasteiger partial charge in [-0.2, -0.15) is 0 Å². The van der Waals surface area contributed by atoms with Crippen molar-refractivity contribution in [2.45, 2.75) is 31.3 Å². The summed E-state index contributed by atoms with van der Waals surface area (Å²) in [4.78, 5) is 10.7. The van der Waals surface area contributed by atoms with Crippen LogP contribution in [0.15, 0.2) is 0 Å². The number of aliphatic hydroxyl groups is 4. The molecule has 0 aliphatic rings. The Morgan fingerprint density at radius 3 is 2.13 bits per heavy atom. The Balaban J connectivity index is 4.47. The van der Waals surface area contributed by atoms with E-state index in [1.807, 2.05) is 0 Å². The first kappa shape index (κ1) is 14.3. The molecular formula is C8H17NO6. The number of hydrogen-bond donors (Lipinski definition) is 6. The van der Waals surface area contributed by atoms with E-state index in [1.165, 1.54) is 0 Å². The van der Waals surface area contributed by atoms with Crippen LogP contribution in [0, 0.1) is 0 Å². The van der Waals surface area contributed by atoms with Crippen molar-refractivity contribution in [3.63, 3.8) is 0 Å². The fraction of sp³-hybridized carbons (Fsp3) is 0.875. The first-order valence-corrected chi connectivity index (χ1v) is 4.56. The topological polar surface area (TPSA) is 130 Å². The SMILES string of the molecule is CCNC(C(=O)O)[C@@H](O)[C@H](O)[C@H](O)CO. The van der Waals surface area contributed by atoms with Crippen LogP contribution in [-0.4, -0.2) is 69.0 Å². The largest absolute Gasteiger partial charge is 0.480 e. The lowest BCUT2D eigenvalue weighted by Crippen LogP contribution is -2.54. The number of aliphatic hydroxyl groups excluding tert-OH is 4. The number of carboxylic acids is 1. The summed E-state index contributed by atoms with van der Waals surface area (Å²) in [6.07, 6.45) is -4.97. The number of likely N-dealkylation sites (N-methyl/N-ethyl adjacent to an activating group) is 1. The van der Waals surface area contributed by atoms with E-state index in [-0.39, 0.29) is 6.54 Å². The maximum Gasteiger partial charge on any atom is 0.323 e. The zero-order chi connectivity index (χ0) is 12.0. The van der Waals surface area contributed by atoms with Crippen LogP contribution in [0.25, 0.3) is 0 Å². The molecule has 6 N–H and O–H groups in total. The van der Waals surface area contributed by atoms with Gasteiger partial charge in [-0.05, 0) is 6.54 Å². The third-order valence-corrected chi connectivity index (χ3v) is 1.96. The zero-order valence-corrected chi connectivity index (χ0v) is 8.37. The lowest BCUT2D eigenvalue weighted by Gasteiger charge is -2.26. The first-order valence-electron chi connectivity index (χ1n) is 4.56. The molecule has 0 bridgehead atoms. The second-order valence-corrected chi connectivity index (χ2v) is 3.10. The number of carbonyl (C=O) groups is 1. The predicted molar refractivity (Wildman–Crippen MR) is 50.2 cm³/mol. The first-order chi connectivity index (χ1) is 6.95. The van der Waals surface area contributed by atoms with E-state index in [4.69, 9.17) is 15.3 Å². The van der Waals surface area contributed by atoms with E-state index < -0.39 is 36.9 Å². The molecule has 1 unspecified atom stereocenters. The predicted octanol–water partition coefficient (Wildman–Crippen LogP) is -2.88. The summed E-state index contributed by atoms with van der Waals surface area (Å²) >= 11 is 0. The van der Waals surface area contributed by atoms with Crippen LogP contribution in [0.3, 0.4) is 0 Å². The fourth-order valence-corrected chi connectivity index (χ4v) is 1.11. The van der Waals surface area contributed by atoms with E-state index in [9.17, 15) is 15.0 Å². The molecule has 90 valence electrons. The normalized spacial score (nSPS) is 19.3. The molecular weight excluding hydrogens is 206 g/mol. The Morgan fingerprint density at radius 1 is 1.27 bits per heavy atom. The van der Waals surface area contributed by atoms with E-state index in [0.717, 1.165) is 0 Å². The summed E-state index contributed by atoms with van der Waals surface area (Å²) in [5.41, 5.74) is 0. The number of rotatable bonds is 7. The molecule has 0 spiro atoms. The van der Waals surface area contributed by atoms with Gasteiger partial charge in [0.25, 0.3) is 0 Å². The van der Waals surface area contributed by atoms with Crippen molar-refractivity contribution in [3.8, 4) is 0 Å². The average Bonchev–Trinajstić information content (AvgIpc) is 2.22. The highest BCUT2D eigenvalue weighted by Crippen LogP contribution is 2.05. The van der Waals surface area contributed by atoms with E-state index >= 15 is 0 Å². The molecule has 4 atom stereocenters. The molecule has 0 aliphatic carbocycles. The van der Waals surface area contributed by atoms with Crippen molar-refractivity contribution >= 4 is 5.97 Å². The van der Waals surface area contributed by atoms with Gasteiger partial charge < -0.3 is 30.8 Å². The second-order valence-electron chi connectivity index (χ2n) is 3.10. The van der Waals surface area contributed by atoms with Gasteiger partial charge in [0.1, 0.15) is 24.4 Å². The van der Waals surface area contributed by atoms with Gasteiger partial charge in [0, 0.05) is 0 Å². The van der Waals surface area contributed by atoms with Gasteiger partial charge in [-0.1, -0.05) is 6.92 Å². The standard InChI is InChI=1S/C8H17NO6/c1-2-9-5(8(14)15)7(13)6(12)4(11)3-10/h4-7,9-13H,2-3H2,1H3,(H,14,15)/t4-,5?,6-,7-/m1/s1. The molecule has 0 heterocycles. The molecule has 0 aromatic rings. The quantitative estimate of drug-likeness (QED) is 0.273. The minimum absolute atomic E-state index is 0.288. The Labute approximate surface area is 87.0 Å². The summed E-state index contributed by atoms with van der Waals surface area (Å²) < 4.78 is 0. The smallest absolute Gasteiger partial charge is 0.323 e. The van der Waals surface area contributed by atoms with Gasteiger partial charge in [-0.25, -0.2) is 0 Å². The van der Waals surface area contributed by atoms with Crippen LogP contribution in [0.2, 0.25) is 0 Å². The number of hydrogen-bond acceptors (Lipinski definition) is 6. The van der Waals surface area contributed by atoms with Crippen molar-refractivity contribution in [1.29, 1.82) is 0 Å². The molecule has 15 heavy (non-hydrogen) atoms. The van der Waals surface area contributed by atoms with Gasteiger partial charge in [-0.3, -0.25) is 4.79 Å². The molecule has 0 rings (SSSR count). The van der Waals surface area contributed by atoms with Gasteiger partial charge >= 0.3 is 5.97 Å². The zero-order valence-electron chi connectivity index (χ0n) is 8.37. The summed E-state index contributed by atoms with van der Waals surface area (Å²) in [6.45, 7) is 1.17. The van der Waals surface area contributed by atoms with Gasteiger partial charge in [0.15, 0.2) is 0 Å². The maximum atomic E-state index is 10.7. The lowest BCUT2D eigenvalue weighted by atomic mass is 10.0.